The molecule has 6 heteroatoms. The maximum absolute atomic E-state index is 12.1. The van der Waals surface area contributed by atoms with Crippen LogP contribution in [0.25, 0.3) is 0 Å². The summed E-state index contributed by atoms with van der Waals surface area (Å²) in [7, 11) is 0. The van der Waals surface area contributed by atoms with Crippen molar-refractivity contribution in [2.75, 3.05) is 19.7 Å². The van der Waals surface area contributed by atoms with Crippen LogP contribution in [-0.4, -0.2) is 48.7 Å². The standard InChI is InChI=1S/C15H18INO4/c1-10-7-17(8-11(2)21-10)14(18)9-20-15(19)12-3-5-13(16)6-4-12/h3-6,10-11H,7-9H2,1-2H3/t10-,11-/m1/s1. The lowest BCUT2D eigenvalue weighted by Crippen LogP contribution is -2.49. The maximum atomic E-state index is 12.1. The highest BCUT2D eigenvalue weighted by Crippen LogP contribution is 2.11. The van der Waals surface area contributed by atoms with Crippen LogP contribution in [0.15, 0.2) is 24.3 Å². The van der Waals surface area contributed by atoms with E-state index >= 15 is 0 Å². The number of benzene rings is 1. The lowest BCUT2D eigenvalue weighted by atomic mass is 10.2. The van der Waals surface area contributed by atoms with Gasteiger partial charge in [-0.1, -0.05) is 0 Å². The molecule has 1 aromatic carbocycles. The topological polar surface area (TPSA) is 55.8 Å². The van der Waals surface area contributed by atoms with Crippen molar-refractivity contribution in [3.63, 3.8) is 0 Å². The molecule has 0 aliphatic carbocycles. The first kappa shape index (κ1) is 16.2. The van der Waals surface area contributed by atoms with Crippen LogP contribution in [0.5, 0.6) is 0 Å². The Hall–Kier alpha value is -1.15. The Morgan fingerprint density at radius 2 is 1.81 bits per heavy atom. The van der Waals surface area contributed by atoms with Crippen molar-refractivity contribution in [3.8, 4) is 0 Å². The highest BCUT2D eigenvalue weighted by Gasteiger charge is 2.26. The van der Waals surface area contributed by atoms with Gasteiger partial charge in [0.05, 0.1) is 17.8 Å². The van der Waals surface area contributed by atoms with Gasteiger partial charge in [-0.3, -0.25) is 4.79 Å². The number of hydrogen-bond acceptors (Lipinski definition) is 4. The zero-order valence-corrected chi connectivity index (χ0v) is 14.2. The third-order valence-electron chi connectivity index (χ3n) is 3.18. The Balaban J connectivity index is 1.86. The molecule has 2 rings (SSSR count). The number of carbonyl (C=O) groups excluding carboxylic acids is 2. The van der Waals surface area contributed by atoms with Gasteiger partial charge in [0.25, 0.3) is 5.91 Å². The molecule has 1 aliphatic heterocycles. The van der Waals surface area contributed by atoms with E-state index in [0.717, 1.165) is 3.57 Å². The van der Waals surface area contributed by atoms with Gasteiger partial charge < -0.3 is 14.4 Å². The summed E-state index contributed by atoms with van der Waals surface area (Å²) >= 11 is 2.16. The highest BCUT2D eigenvalue weighted by molar-refractivity contribution is 14.1. The van der Waals surface area contributed by atoms with Crippen LogP contribution in [0.2, 0.25) is 0 Å². The van der Waals surface area contributed by atoms with Crippen LogP contribution in [0, 0.1) is 3.57 Å². The van der Waals surface area contributed by atoms with Gasteiger partial charge in [-0.15, -0.1) is 0 Å². The van der Waals surface area contributed by atoms with Gasteiger partial charge >= 0.3 is 5.97 Å². The molecule has 0 spiro atoms. The van der Waals surface area contributed by atoms with Crippen molar-refractivity contribution in [2.24, 2.45) is 0 Å². The third-order valence-corrected chi connectivity index (χ3v) is 3.90. The summed E-state index contributed by atoms with van der Waals surface area (Å²) < 4.78 is 11.7. The summed E-state index contributed by atoms with van der Waals surface area (Å²) in [6, 6.07) is 7.02. The molecule has 0 aromatic heterocycles. The van der Waals surface area contributed by atoms with Gasteiger partial charge in [0, 0.05) is 16.7 Å². The van der Waals surface area contributed by atoms with Gasteiger partial charge in [0.2, 0.25) is 0 Å². The fraction of sp³-hybridized carbons (Fsp3) is 0.467. The van der Waals surface area contributed by atoms with E-state index in [4.69, 9.17) is 9.47 Å². The molecule has 2 atom stereocenters. The van der Waals surface area contributed by atoms with Gasteiger partial charge in [-0.2, -0.15) is 0 Å². The second-order valence-electron chi connectivity index (χ2n) is 5.14. The number of ether oxygens (including phenoxy) is 2. The minimum atomic E-state index is -0.478. The molecule has 5 nitrogen and oxygen atoms in total. The van der Waals surface area contributed by atoms with Crippen LogP contribution in [0.1, 0.15) is 24.2 Å². The zero-order valence-electron chi connectivity index (χ0n) is 12.0. The molecule has 1 amide bonds. The Labute approximate surface area is 137 Å². The molecule has 1 heterocycles. The molecular weight excluding hydrogens is 385 g/mol. The van der Waals surface area contributed by atoms with Gasteiger partial charge in [-0.05, 0) is 60.7 Å². The first-order valence-electron chi connectivity index (χ1n) is 6.81. The first-order chi connectivity index (χ1) is 9.95. The third kappa shape index (κ3) is 4.67. The molecule has 0 N–H and O–H groups in total. The minimum absolute atomic E-state index is 0.00426. The monoisotopic (exact) mass is 403 g/mol. The molecule has 0 unspecified atom stereocenters. The van der Waals surface area contributed by atoms with Crippen LogP contribution in [0.3, 0.4) is 0 Å². The lowest BCUT2D eigenvalue weighted by Gasteiger charge is -2.35. The molecule has 1 aromatic rings. The molecule has 1 saturated heterocycles. The van der Waals surface area contributed by atoms with E-state index in [1.165, 1.54) is 0 Å². The molecule has 0 saturated carbocycles. The summed E-state index contributed by atoms with van der Waals surface area (Å²) in [5.74, 6) is -0.662. The quantitative estimate of drug-likeness (QED) is 0.573. The number of esters is 1. The zero-order chi connectivity index (χ0) is 15.4. The Morgan fingerprint density at radius 1 is 1.24 bits per heavy atom. The Kier molecular flexibility index (Phi) is 5.58. The summed E-state index contributed by atoms with van der Waals surface area (Å²) in [5.41, 5.74) is 0.451. The molecule has 1 aliphatic rings. The van der Waals surface area contributed by atoms with E-state index in [-0.39, 0.29) is 24.7 Å². The van der Waals surface area contributed by atoms with Crippen molar-refractivity contribution in [1.82, 2.24) is 4.90 Å². The fourth-order valence-electron chi connectivity index (χ4n) is 2.27. The summed E-state index contributed by atoms with van der Waals surface area (Å²) in [4.78, 5) is 25.6. The normalized spacial score (nSPS) is 22.0. The predicted molar refractivity (Wildman–Crippen MR) is 86.0 cm³/mol. The Morgan fingerprint density at radius 3 is 2.38 bits per heavy atom. The fourth-order valence-corrected chi connectivity index (χ4v) is 2.63. The smallest absolute Gasteiger partial charge is 0.338 e. The number of hydrogen-bond donors (Lipinski definition) is 0. The molecule has 21 heavy (non-hydrogen) atoms. The average molecular weight is 403 g/mol. The largest absolute Gasteiger partial charge is 0.452 e. The number of carbonyl (C=O) groups is 2. The second kappa shape index (κ2) is 7.22. The number of amides is 1. The van der Waals surface area contributed by atoms with Crippen LogP contribution in [0.4, 0.5) is 0 Å². The maximum Gasteiger partial charge on any atom is 0.338 e. The van der Waals surface area contributed by atoms with E-state index in [2.05, 4.69) is 22.6 Å². The number of morpholine rings is 1. The van der Waals surface area contributed by atoms with E-state index in [0.29, 0.717) is 18.7 Å². The van der Waals surface area contributed by atoms with E-state index in [1.807, 2.05) is 26.0 Å². The second-order valence-corrected chi connectivity index (χ2v) is 6.38. The SMILES string of the molecule is C[C@@H]1CN(C(=O)COC(=O)c2ccc(I)cc2)C[C@@H](C)O1. The van der Waals surface area contributed by atoms with Crippen LogP contribution >= 0.6 is 22.6 Å². The molecule has 0 bridgehead atoms. The van der Waals surface area contributed by atoms with Crippen LogP contribution in [-0.2, 0) is 14.3 Å². The number of nitrogens with zero attached hydrogens (tertiary/aromatic N) is 1. The number of halogens is 1. The molecule has 1 fully saturated rings. The molecule has 114 valence electrons. The summed E-state index contributed by atoms with van der Waals surface area (Å²) in [6.07, 6.45) is 0.00852. The highest BCUT2D eigenvalue weighted by atomic mass is 127. The summed E-state index contributed by atoms with van der Waals surface area (Å²) in [5, 5.41) is 0. The predicted octanol–water partition coefficient (Wildman–Crippen LogP) is 2.08. The van der Waals surface area contributed by atoms with Gasteiger partial charge in [0.15, 0.2) is 6.61 Å². The van der Waals surface area contributed by atoms with E-state index in [9.17, 15) is 9.59 Å². The van der Waals surface area contributed by atoms with Crippen molar-refractivity contribution in [1.29, 1.82) is 0 Å². The van der Waals surface area contributed by atoms with Gasteiger partial charge in [-0.25, -0.2) is 4.79 Å². The first-order valence-corrected chi connectivity index (χ1v) is 7.89. The van der Waals surface area contributed by atoms with E-state index in [1.54, 1.807) is 17.0 Å². The average Bonchev–Trinajstić information content (AvgIpc) is 2.44. The van der Waals surface area contributed by atoms with Crippen LogP contribution < -0.4 is 0 Å². The number of rotatable bonds is 3. The summed E-state index contributed by atoms with van der Waals surface area (Å²) in [6.45, 7) is 4.68. The van der Waals surface area contributed by atoms with Crippen molar-refractivity contribution >= 4 is 34.5 Å². The van der Waals surface area contributed by atoms with E-state index < -0.39 is 5.97 Å². The molecule has 0 radical (unpaired) electrons. The van der Waals surface area contributed by atoms with Crippen molar-refractivity contribution in [3.05, 3.63) is 33.4 Å². The van der Waals surface area contributed by atoms with Gasteiger partial charge in [0.1, 0.15) is 0 Å². The molecular formula is C15H18INO4. The van der Waals surface area contributed by atoms with Crippen molar-refractivity contribution < 1.29 is 19.1 Å². The van der Waals surface area contributed by atoms with Crippen molar-refractivity contribution in [2.45, 2.75) is 26.1 Å². The minimum Gasteiger partial charge on any atom is -0.452 e. The Bertz CT molecular complexity index is 507. The lowest BCUT2D eigenvalue weighted by molar-refractivity contribution is -0.146.